The molecule has 1 saturated heterocycles. The fraction of sp³-hybridized carbons (Fsp3) is 0.333. The van der Waals surface area contributed by atoms with Crippen molar-refractivity contribution in [1.29, 1.82) is 0 Å². The predicted molar refractivity (Wildman–Crippen MR) is 101 cm³/mol. The molecule has 0 aromatic heterocycles. The van der Waals surface area contributed by atoms with Gasteiger partial charge >= 0.3 is 0 Å². The van der Waals surface area contributed by atoms with E-state index in [9.17, 15) is 9.59 Å². The summed E-state index contributed by atoms with van der Waals surface area (Å²) >= 11 is 0. The highest BCUT2D eigenvalue weighted by molar-refractivity contribution is 5.96. The van der Waals surface area contributed by atoms with Gasteiger partial charge in [-0.1, -0.05) is 29.8 Å². The number of anilines is 1. The Morgan fingerprint density at radius 1 is 1.19 bits per heavy atom. The molecule has 2 heterocycles. The van der Waals surface area contributed by atoms with E-state index in [1.165, 1.54) is 0 Å². The lowest BCUT2D eigenvalue weighted by Gasteiger charge is -2.17. The second kappa shape index (κ2) is 7.31. The minimum absolute atomic E-state index is 0.0189. The van der Waals surface area contributed by atoms with Gasteiger partial charge in [-0.2, -0.15) is 0 Å². The maximum absolute atomic E-state index is 12.4. The first-order valence-corrected chi connectivity index (χ1v) is 9.11. The molecule has 0 spiro atoms. The highest BCUT2D eigenvalue weighted by atomic mass is 16.7. The Hall–Kier alpha value is -3.02. The zero-order chi connectivity index (χ0) is 18.8. The van der Waals surface area contributed by atoms with E-state index in [0.717, 1.165) is 16.8 Å². The van der Waals surface area contributed by atoms with E-state index in [1.807, 2.05) is 49.4 Å². The van der Waals surface area contributed by atoms with Crippen molar-refractivity contribution in [2.24, 2.45) is 5.92 Å². The molecule has 2 aliphatic heterocycles. The molecule has 2 amide bonds. The lowest BCUT2D eigenvalue weighted by molar-refractivity contribution is -0.121. The smallest absolute Gasteiger partial charge is 0.231 e. The third-order valence-electron chi connectivity index (χ3n) is 4.91. The van der Waals surface area contributed by atoms with Gasteiger partial charge in [0.25, 0.3) is 0 Å². The molecule has 0 bridgehead atoms. The Morgan fingerprint density at radius 3 is 2.89 bits per heavy atom. The lowest BCUT2D eigenvalue weighted by Crippen LogP contribution is -2.32. The lowest BCUT2D eigenvalue weighted by atomic mass is 10.1. The average Bonchev–Trinajstić information content (AvgIpc) is 3.25. The fourth-order valence-electron chi connectivity index (χ4n) is 3.55. The number of carbonyl (C=O) groups is 2. The number of carbonyl (C=O) groups excluding carboxylic acids is 2. The van der Waals surface area contributed by atoms with Crippen molar-refractivity contribution in [1.82, 2.24) is 5.32 Å². The molecule has 1 fully saturated rings. The molecule has 2 aliphatic rings. The highest BCUT2D eigenvalue weighted by Gasteiger charge is 2.31. The van der Waals surface area contributed by atoms with Gasteiger partial charge < -0.3 is 19.7 Å². The topological polar surface area (TPSA) is 67.9 Å². The number of nitrogens with zero attached hydrogens (tertiary/aromatic N) is 1. The molecule has 4 rings (SSSR count). The zero-order valence-electron chi connectivity index (χ0n) is 15.2. The van der Waals surface area contributed by atoms with Gasteiger partial charge in [0.05, 0.1) is 6.42 Å². The van der Waals surface area contributed by atoms with E-state index < -0.39 is 0 Å². The van der Waals surface area contributed by atoms with Crippen molar-refractivity contribution >= 4 is 17.5 Å². The SMILES string of the molecule is Cc1cccc(CC(=O)NCC2CC(=O)N(c3ccc4c(c3)OCO4)C2)c1. The van der Waals surface area contributed by atoms with Crippen LogP contribution in [0.1, 0.15) is 17.5 Å². The van der Waals surface area contributed by atoms with Crippen LogP contribution in [0.25, 0.3) is 0 Å². The van der Waals surface area contributed by atoms with Crippen LogP contribution in [0.15, 0.2) is 42.5 Å². The minimum atomic E-state index is -0.0189. The largest absolute Gasteiger partial charge is 0.454 e. The van der Waals surface area contributed by atoms with E-state index in [-0.39, 0.29) is 24.5 Å². The molecule has 140 valence electrons. The Bertz CT molecular complexity index is 880. The summed E-state index contributed by atoms with van der Waals surface area (Å²) in [6, 6.07) is 13.4. The molecule has 2 aromatic rings. The van der Waals surface area contributed by atoms with Crippen LogP contribution in [-0.4, -0.2) is 31.7 Å². The standard InChI is InChI=1S/C21H22N2O4/c1-14-3-2-4-15(7-14)8-20(24)22-11-16-9-21(25)23(12-16)17-5-6-18-19(10-17)27-13-26-18/h2-7,10,16H,8-9,11-13H2,1H3,(H,22,24). The van der Waals surface area contributed by atoms with E-state index in [4.69, 9.17) is 9.47 Å². The first-order chi connectivity index (χ1) is 13.1. The molecule has 6 nitrogen and oxygen atoms in total. The van der Waals surface area contributed by atoms with Crippen molar-refractivity contribution in [3.63, 3.8) is 0 Å². The van der Waals surface area contributed by atoms with Gasteiger partial charge in [-0.25, -0.2) is 0 Å². The van der Waals surface area contributed by atoms with Crippen molar-refractivity contribution in [3.8, 4) is 11.5 Å². The zero-order valence-corrected chi connectivity index (χ0v) is 15.2. The number of nitrogens with one attached hydrogen (secondary N) is 1. The van der Waals surface area contributed by atoms with Crippen LogP contribution in [-0.2, 0) is 16.0 Å². The number of aryl methyl sites for hydroxylation is 1. The van der Waals surface area contributed by atoms with E-state index in [1.54, 1.807) is 4.90 Å². The van der Waals surface area contributed by atoms with Gasteiger partial charge in [-0.15, -0.1) is 0 Å². The molecule has 1 atom stereocenters. The highest BCUT2D eigenvalue weighted by Crippen LogP contribution is 2.37. The molecule has 0 radical (unpaired) electrons. The first kappa shape index (κ1) is 17.4. The van der Waals surface area contributed by atoms with Gasteiger partial charge in [0, 0.05) is 37.2 Å². The van der Waals surface area contributed by atoms with Crippen molar-refractivity contribution < 1.29 is 19.1 Å². The summed E-state index contributed by atoms with van der Waals surface area (Å²) in [4.78, 5) is 26.4. The second-order valence-electron chi connectivity index (χ2n) is 7.08. The summed E-state index contributed by atoms with van der Waals surface area (Å²) in [5, 5.41) is 2.96. The number of hydrogen-bond acceptors (Lipinski definition) is 4. The quantitative estimate of drug-likeness (QED) is 0.883. The summed E-state index contributed by atoms with van der Waals surface area (Å²) in [5.41, 5.74) is 2.94. The van der Waals surface area contributed by atoms with Crippen LogP contribution in [0.4, 0.5) is 5.69 Å². The van der Waals surface area contributed by atoms with Crippen molar-refractivity contribution in [2.75, 3.05) is 24.8 Å². The maximum Gasteiger partial charge on any atom is 0.231 e. The molecular formula is C21H22N2O4. The van der Waals surface area contributed by atoms with Crippen LogP contribution in [0, 0.1) is 12.8 Å². The Kier molecular flexibility index (Phi) is 4.71. The third-order valence-corrected chi connectivity index (χ3v) is 4.91. The van der Waals surface area contributed by atoms with Gasteiger partial charge in [-0.3, -0.25) is 9.59 Å². The normalized spacial score (nSPS) is 18.0. The summed E-state index contributed by atoms with van der Waals surface area (Å²) < 4.78 is 10.7. The number of rotatable bonds is 5. The van der Waals surface area contributed by atoms with E-state index in [2.05, 4.69) is 5.32 Å². The van der Waals surface area contributed by atoms with Gasteiger partial charge in [0.15, 0.2) is 11.5 Å². The molecule has 1 N–H and O–H groups in total. The van der Waals surface area contributed by atoms with Crippen LogP contribution in [0.5, 0.6) is 11.5 Å². The molecule has 0 aliphatic carbocycles. The van der Waals surface area contributed by atoms with E-state index >= 15 is 0 Å². The summed E-state index contributed by atoms with van der Waals surface area (Å²) in [7, 11) is 0. The van der Waals surface area contributed by atoms with Crippen LogP contribution in [0.2, 0.25) is 0 Å². The summed E-state index contributed by atoms with van der Waals surface area (Å²) in [6.07, 6.45) is 0.785. The van der Waals surface area contributed by atoms with Gasteiger partial charge in [-0.05, 0) is 24.6 Å². The second-order valence-corrected chi connectivity index (χ2v) is 7.08. The predicted octanol–water partition coefficient (Wildman–Crippen LogP) is 2.44. The molecule has 1 unspecified atom stereocenters. The van der Waals surface area contributed by atoms with Gasteiger partial charge in [0.2, 0.25) is 18.6 Å². The van der Waals surface area contributed by atoms with Crippen LogP contribution >= 0.6 is 0 Å². The third kappa shape index (κ3) is 3.89. The maximum atomic E-state index is 12.4. The van der Waals surface area contributed by atoms with E-state index in [0.29, 0.717) is 37.4 Å². The molecule has 0 saturated carbocycles. The van der Waals surface area contributed by atoms with Crippen LogP contribution in [0.3, 0.4) is 0 Å². The fourth-order valence-corrected chi connectivity index (χ4v) is 3.55. The molecular weight excluding hydrogens is 344 g/mol. The van der Waals surface area contributed by atoms with Gasteiger partial charge in [0.1, 0.15) is 0 Å². The number of amides is 2. The van der Waals surface area contributed by atoms with Crippen LogP contribution < -0.4 is 19.7 Å². The monoisotopic (exact) mass is 366 g/mol. The minimum Gasteiger partial charge on any atom is -0.454 e. The Balaban J connectivity index is 1.32. The number of hydrogen-bond donors (Lipinski definition) is 1. The summed E-state index contributed by atoms with van der Waals surface area (Å²) in [6.45, 7) is 3.30. The van der Waals surface area contributed by atoms with Crippen molar-refractivity contribution in [2.45, 2.75) is 19.8 Å². The Morgan fingerprint density at radius 2 is 2.04 bits per heavy atom. The molecule has 27 heavy (non-hydrogen) atoms. The first-order valence-electron chi connectivity index (χ1n) is 9.11. The number of fused-ring (bicyclic) bond motifs is 1. The summed E-state index contributed by atoms with van der Waals surface area (Å²) in [5.74, 6) is 1.51. The number of benzene rings is 2. The molecule has 2 aromatic carbocycles. The number of ether oxygens (including phenoxy) is 2. The molecule has 6 heteroatoms. The van der Waals surface area contributed by atoms with Crippen molar-refractivity contribution in [3.05, 3.63) is 53.6 Å². The Labute approximate surface area is 158 Å². The average molecular weight is 366 g/mol.